The van der Waals surface area contributed by atoms with Crippen molar-refractivity contribution in [3.05, 3.63) is 0 Å². The van der Waals surface area contributed by atoms with Gasteiger partial charge in [-0.05, 0) is 38.3 Å². The Morgan fingerprint density at radius 3 is 3.00 bits per heavy atom. The van der Waals surface area contributed by atoms with E-state index in [1.54, 1.807) is 0 Å². The lowest BCUT2D eigenvalue weighted by Crippen LogP contribution is -2.35. The SMILES string of the molecule is CC(CN)CNCC1CCCCO1. The van der Waals surface area contributed by atoms with E-state index in [1.807, 2.05) is 0 Å². The van der Waals surface area contributed by atoms with Crippen LogP contribution in [0.1, 0.15) is 26.2 Å². The van der Waals surface area contributed by atoms with E-state index in [4.69, 9.17) is 10.5 Å². The lowest BCUT2D eigenvalue weighted by molar-refractivity contribution is 0.0166. The molecule has 1 aliphatic heterocycles. The molecule has 0 aromatic carbocycles. The van der Waals surface area contributed by atoms with Crippen LogP contribution in [0.3, 0.4) is 0 Å². The fourth-order valence-electron chi connectivity index (χ4n) is 1.54. The second kappa shape index (κ2) is 6.35. The average Bonchev–Trinajstić information content (AvgIpc) is 2.19. The van der Waals surface area contributed by atoms with Gasteiger partial charge in [-0.3, -0.25) is 0 Å². The van der Waals surface area contributed by atoms with Gasteiger partial charge in [0, 0.05) is 13.2 Å². The number of ether oxygens (including phenoxy) is 1. The molecule has 0 aliphatic carbocycles. The van der Waals surface area contributed by atoms with Gasteiger partial charge in [-0.25, -0.2) is 0 Å². The van der Waals surface area contributed by atoms with Gasteiger partial charge in [0.15, 0.2) is 0 Å². The van der Waals surface area contributed by atoms with Gasteiger partial charge in [-0.15, -0.1) is 0 Å². The minimum Gasteiger partial charge on any atom is -0.377 e. The average molecular weight is 186 g/mol. The molecule has 1 rings (SSSR count). The van der Waals surface area contributed by atoms with Crippen molar-refractivity contribution in [2.45, 2.75) is 32.3 Å². The zero-order valence-electron chi connectivity index (χ0n) is 8.59. The fraction of sp³-hybridized carbons (Fsp3) is 1.00. The number of nitrogens with one attached hydrogen (secondary N) is 1. The molecule has 2 atom stereocenters. The molecule has 0 radical (unpaired) electrons. The van der Waals surface area contributed by atoms with Gasteiger partial charge in [0.25, 0.3) is 0 Å². The Morgan fingerprint density at radius 1 is 1.54 bits per heavy atom. The first-order chi connectivity index (χ1) is 6.33. The molecule has 0 aromatic rings. The van der Waals surface area contributed by atoms with Gasteiger partial charge >= 0.3 is 0 Å². The van der Waals surface area contributed by atoms with Crippen molar-refractivity contribution in [2.75, 3.05) is 26.2 Å². The molecule has 0 saturated carbocycles. The molecule has 0 aromatic heterocycles. The van der Waals surface area contributed by atoms with Gasteiger partial charge < -0.3 is 15.8 Å². The first-order valence-electron chi connectivity index (χ1n) is 5.35. The smallest absolute Gasteiger partial charge is 0.0699 e. The Bertz CT molecular complexity index is 124. The molecule has 78 valence electrons. The predicted octanol–water partition coefficient (Wildman–Crippen LogP) is 0.740. The molecule has 2 unspecified atom stereocenters. The van der Waals surface area contributed by atoms with Crippen LogP contribution in [0.5, 0.6) is 0 Å². The van der Waals surface area contributed by atoms with Crippen LogP contribution in [0.2, 0.25) is 0 Å². The van der Waals surface area contributed by atoms with Crippen molar-refractivity contribution in [1.82, 2.24) is 5.32 Å². The van der Waals surface area contributed by atoms with E-state index in [2.05, 4.69) is 12.2 Å². The van der Waals surface area contributed by atoms with Crippen molar-refractivity contribution in [3.8, 4) is 0 Å². The maximum atomic E-state index is 5.60. The van der Waals surface area contributed by atoms with Crippen LogP contribution in [-0.4, -0.2) is 32.3 Å². The molecular formula is C10H22N2O. The highest BCUT2D eigenvalue weighted by Gasteiger charge is 2.12. The molecule has 0 spiro atoms. The molecule has 0 bridgehead atoms. The van der Waals surface area contributed by atoms with E-state index in [0.717, 1.165) is 26.2 Å². The summed E-state index contributed by atoms with van der Waals surface area (Å²) in [6, 6.07) is 0. The molecule has 3 N–H and O–H groups in total. The van der Waals surface area contributed by atoms with Crippen LogP contribution in [0, 0.1) is 5.92 Å². The molecule has 3 nitrogen and oxygen atoms in total. The molecule has 3 heteroatoms. The summed E-state index contributed by atoms with van der Waals surface area (Å²) < 4.78 is 5.60. The molecule has 13 heavy (non-hydrogen) atoms. The molecule has 1 aliphatic rings. The third kappa shape index (κ3) is 4.60. The maximum absolute atomic E-state index is 5.60. The lowest BCUT2D eigenvalue weighted by Gasteiger charge is -2.23. The number of nitrogens with two attached hydrogens (primary N) is 1. The monoisotopic (exact) mass is 186 g/mol. The number of hydrogen-bond acceptors (Lipinski definition) is 3. The van der Waals surface area contributed by atoms with Crippen molar-refractivity contribution in [3.63, 3.8) is 0 Å². The molecule has 1 saturated heterocycles. The van der Waals surface area contributed by atoms with E-state index in [-0.39, 0.29) is 0 Å². The van der Waals surface area contributed by atoms with Gasteiger partial charge in [0.2, 0.25) is 0 Å². The quantitative estimate of drug-likeness (QED) is 0.666. The Labute approximate surface area is 81.0 Å². The van der Waals surface area contributed by atoms with Crippen molar-refractivity contribution >= 4 is 0 Å². The normalized spacial score (nSPS) is 25.8. The number of hydrogen-bond donors (Lipinski definition) is 2. The molecular weight excluding hydrogens is 164 g/mol. The topological polar surface area (TPSA) is 47.3 Å². The maximum Gasteiger partial charge on any atom is 0.0699 e. The summed E-state index contributed by atoms with van der Waals surface area (Å²) in [5.74, 6) is 0.573. The lowest BCUT2D eigenvalue weighted by atomic mass is 10.1. The van der Waals surface area contributed by atoms with Crippen LogP contribution in [-0.2, 0) is 4.74 Å². The van der Waals surface area contributed by atoms with Crippen LogP contribution in [0.4, 0.5) is 0 Å². The molecule has 0 amide bonds. The Morgan fingerprint density at radius 2 is 2.38 bits per heavy atom. The van der Waals surface area contributed by atoms with Gasteiger partial charge in [-0.2, -0.15) is 0 Å². The highest BCUT2D eigenvalue weighted by molar-refractivity contribution is 4.67. The van der Waals surface area contributed by atoms with Crippen molar-refractivity contribution in [2.24, 2.45) is 11.7 Å². The standard InChI is InChI=1S/C10H22N2O/c1-9(6-11)7-12-8-10-4-2-3-5-13-10/h9-10,12H,2-8,11H2,1H3. The molecule has 1 fully saturated rings. The van der Waals surface area contributed by atoms with Crippen molar-refractivity contribution in [1.29, 1.82) is 0 Å². The summed E-state index contributed by atoms with van der Waals surface area (Å²) in [4.78, 5) is 0. The second-order valence-electron chi connectivity index (χ2n) is 3.99. The third-order valence-corrected chi connectivity index (χ3v) is 2.54. The van der Waals surface area contributed by atoms with Crippen LogP contribution >= 0.6 is 0 Å². The van der Waals surface area contributed by atoms with Crippen LogP contribution < -0.4 is 11.1 Å². The van der Waals surface area contributed by atoms with Crippen molar-refractivity contribution < 1.29 is 4.74 Å². The first-order valence-corrected chi connectivity index (χ1v) is 5.35. The number of rotatable bonds is 5. The second-order valence-corrected chi connectivity index (χ2v) is 3.99. The fourth-order valence-corrected chi connectivity index (χ4v) is 1.54. The highest BCUT2D eigenvalue weighted by atomic mass is 16.5. The van der Waals surface area contributed by atoms with E-state index in [1.165, 1.54) is 19.3 Å². The molecule has 1 heterocycles. The largest absolute Gasteiger partial charge is 0.377 e. The Hall–Kier alpha value is -0.120. The van der Waals surface area contributed by atoms with E-state index in [0.29, 0.717) is 12.0 Å². The summed E-state index contributed by atoms with van der Waals surface area (Å²) in [5.41, 5.74) is 5.52. The summed E-state index contributed by atoms with van der Waals surface area (Å²) >= 11 is 0. The Kier molecular flexibility index (Phi) is 5.35. The third-order valence-electron chi connectivity index (χ3n) is 2.54. The summed E-state index contributed by atoms with van der Waals surface area (Å²) in [6.07, 6.45) is 4.21. The van der Waals surface area contributed by atoms with E-state index >= 15 is 0 Å². The van der Waals surface area contributed by atoms with Crippen LogP contribution in [0.15, 0.2) is 0 Å². The minimum absolute atomic E-state index is 0.443. The highest BCUT2D eigenvalue weighted by Crippen LogP contribution is 2.11. The van der Waals surface area contributed by atoms with Gasteiger partial charge in [-0.1, -0.05) is 6.92 Å². The van der Waals surface area contributed by atoms with E-state index in [9.17, 15) is 0 Å². The summed E-state index contributed by atoms with van der Waals surface area (Å²) in [6.45, 7) is 5.87. The zero-order chi connectivity index (χ0) is 9.52. The predicted molar refractivity (Wildman–Crippen MR) is 54.7 cm³/mol. The summed E-state index contributed by atoms with van der Waals surface area (Å²) in [7, 11) is 0. The summed E-state index contributed by atoms with van der Waals surface area (Å²) in [5, 5.41) is 3.40. The van der Waals surface area contributed by atoms with Gasteiger partial charge in [0.05, 0.1) is 6.10 Å². The first kappa shape index (κ1) is 11.0. The van der Waals surface area contributed by atoms with Crippen LogP contribution in [0.25, 0.3) is 0 Å². The zero-order valence-corrected chi connectivity index (χ0v) is 8.59. The minimum atomic E-state index is 0.443. The van der Waals surface area contributed by atoms with Gasteiger partial charge in [0.1, 0.15) is 0 Å². The Balaban J connectivity index is 1.98. The van der Waals surface area contributed by atoms with E-state index < -0.39 is 0 Å².